The number of carbonyl (C=O) groups is 4. The molecule has 8 rings (SSSR count). The zero-order valence-electron chi connectivity index (χ0n) is 24.6. The zero-order valence-corrected chi connectivity index (χ0v) is 24.6. The number of phenolic OH excluding ortho intramolecular Hbond substituents is 1. The number of imide groups is 2. The van der Waals surface area contributed by atoms with Crippen LogP contribution in [0, 0.1) is 29.6 Å². The summed E-state index contributed by atoms with van der Waals surface area (Å²) in [5, 5.41) is 12.2. The maximum Gasteiger partial charge on any atom is 0.234 e. The Morgan fingerprint density at radius 1 is 0.578 bits per heavy atom. The first-order chi connectivity index (χ1) is 21.9. The van der Waals surface area contributed by atoms with Gasteiger partial charge in [-0.05, 0) is 46.9 Å². The Hall–Kier alpha value is -5.04. The van der Waals surface area contributed by atoms with Crippen molar-refractivity contribution in [2.24, 2.45) is 29.6 Å². The Labute approximate surface area is 260 Å². The highest BCUT2D eigenvalue weighted by Gasteiger charge is 2.62. The van der Waals surface area contributed by atoms with Gasteiger partial charge in [0, 0.05) is 11.3 Å². The van der Waals surface area contributed by atoms with E-state index < -0.39 is 29.6 Å². The molecule has 45 heavy (non-hydrogen) atoms. The minimum atomic E-state index is -0.638. The first-order valence-electron chi connectivity index (χ1n) is 15.6. The molecule has 3 fully saturated rings. The molecular weight excluding hydrogens is 564 g/mol. The van der Waals surface area contributed by atoms with Crippen LogP contribution in [0.5, 0.6) is 5.75 Å². The molecule has 0 spiro atoms. The summed E-state index contributed by atoms with van der Waals surface area (Å²) >= 11 is 0. The molecule has 2 heterocycles. The van der Waals surface area contributed by atoms with Crippen molar-refractivity contribution in [1.82, 2.24) is 9.80 Å². The molecule has 0 radical (unpaired) electrons. The minimum absolute atomic E-state index is 0.142. The van der Waals surface area contributed by atoms with Gasteiger partial charge in [0.1, 0.15) is 5.75 Å². The highest BCUT2D eigenvalue weighted by atomic mass is 16.3. The van der Waals surface area contributed by atoms with Gasteiger partial charge in [-0.1, -0.05) is 103 Å². The average Bonchev–Trinajstić information content (AvgIpc) is 3.45. The standard InChI is InChI=1S/C38H32N2O5/c41-31-18-17-26(24-13-7-8-14-25(24)31)32-27-15-16-28-33(37(44)39(35(28)42)20-22-9-3-1-4-10-22)29(27)19-30-34(32)38(45)40(36(30)43)21-23-11-5-2-6-12-23/h1-15,17-18,28-30,32-34,41H,16,19-21H2. The third kappa shape index (κ3) is 4.25. The van der Waals surface area contributed by atoms with Crippen LogP contribution in [-0.2, 0) is 32.3 Å². The molecule has 0 bridgehead atoms. The van der Waals surface area contributed by atoms with Crippen molar-refractivity contribution in [1.29, 1.82) is 0 Å². The number of hydrogen-bond donors (Lipinski definition) is 1. The molecule has 6 unspecified atom stereocenters. The van der Waals surface area contributed by atoms with Crippen molar-refractivity contribution in [3.05, 3.63) is 125 Å². The Kier molecular flexibility index (Phi) is 6.45. The van der Waals surface area contributed by atoms with Crippen LogP contribution in [0.2, 0.25) is 0 Å². The summed E-state index contributed by atoms with van der Waals surface area (Å²) in [7, 11) is 0. The van der Waals surface area contributed by atoms with E-state index in [4.69, 9.17) is 0 Å². The molecule has 1 N–H and O–H groups in total. The number of aromatic hydroxyl groups is 1. The Bertz CT molecular complexity index is 1900. The maximum absolute atomic E-state index is 14.3. The summed E-state index contributed by atoms with van der Waals surface area (Å²) in [6, 6.07) is 30.1. The largest absolute Gasteiger partial charge is 0.507 e. The predicted octanol–water partition coefficient (Wildman–Crippen LogP) is 5.58. The quantitative estimate of drug-likeness (QED) is 0.240. The normalized spacial score (nSPS) is 27.4. The van der Waals surface area contributed by atoms with Crippen molar-refractivity contribution in [2.75, 3.05) is 0 Å². The second-order valence-electron chi connectivity index (χ2n) is 12.7. The Morgan fingerprint density at radius 3 is 1.78 bits per heavy atom. The Morgan fingerprint density at radius 2 is 1.13 bits per heavy atom. The van der Waals surface area contributed by atoms with Gasteiger partial charge in [-0.3, -0.25) is 29.0 Å². The van der Waals surface area contributed by atoms with Gasteiger partial charge in [0.05, 0.1) is 36.8 Å². The van der Waals surface area contributed by atoms with Crippen molar-refractivity contribution >= 4 is 34.4 Å². The lowest BCUT2D eigenvalue weighted by Crippen LogP contribution is -2.43. The fraction of sp³-hybridized carbons (Fsp3) is 0.263. The van der Waals surface area contributed by atoms with E-state index in [2.05, 4.69) is 6.08 Å². The van der Waals surface area contributed by atoms with E-state index in [1.807, 2.05) is 91.0 Å². The van der Waals surface area contributed by atoms with E-state index in [0.29, 0.717) is 18.2 Å². The van der Waals surface area contributed by atoms with Gasteiger partial charge in [0.2, 0.25) is 23.6 Å². The van der Waals surface area contributed by atoms with Crippen LogP contribution in [-0.4, -0.2) is 38.5 Å². The number of hydrogen-bond acceptors (Lipinski definition) is 5. The van der Waals surface area contributed by atoms with Gasteiger partial charge in [-0.2, -0.15) is 0 Å². The minimum Gasteiger partial charge on any atom is -0.507 e. The maximum atomic E-state index is 14.3. The van der Waals surface area contributed by atoms with Gasteiger partial charge in [-0.25, -0.2) is 0 Å². The molecule has 4 aliphatic rings. The lowest BCUT2D eigenvalue weighted by atomic mass is 9.57. The van der Waals surface area contributed by atoms with Crippen LogP contribution in [0.25, 0.3) is 10.8 Å². The van der Waals surface area contributed by atoms with Crippen LogP contribution in [0.3, 0.4) is 0 Å². The summed E-state index contributed by atoms with van der Waals surface area (Å²) in [6.45, 7) is 0.403. The molecular formula is C38H32N2O5. The summed E-state index contributed by atoms with van der Waals surface area (Å²) in [6.07, 6.45) is 2.83. The molecule has 1 saturated carbocycles. The molecule has 6 atom stereocenters. The van der Waals surface area contributed by atoms with Crippen molar-refractivity contribution in [3.63, 3.8) is 0 Å². The SMILES string of the molecule is O=C1C2CC=C3C(CC4C(=O)N(Cc5ccccc5)C(=O)C4C3c3ccc(O)c4ccccc34)C2C(=O)N1Cc1ccccc1. The first-order valence-corrected chi connectivity index (χ1v) is 15.6. The second kappa shape index (κ2) is 10.5. The molecule has 4 aromatic carbocycles. The number of rotatable bonds is 5. The topological polar surface area (TPSA) is 95.0 Å². The number of nitrogens with zero attached hydrogens (tertiary/aromatic N) is 2. The summed E-state index contributed by atoms with van der Waals surface area (Å²) < 4.78 is 0. The lowest BCUT2D eigenvalue weighted by molar-refractivity contribution is -0.142. The van der Waals surface area contributed by atoms with Gasteiger partial charge in [0.25, 0.3) is 0 Å². The average molecular weight is 597 g/mol. The van der Waals surface area contributed by atoms with Gasteiger partial charge in [0.15, 0.2) is 0 Å². The van der Waals surface area contributed by atoms with Gasteiger partial charge >= 0.3 is 0 Å². The number of fused-ring (bicyclic) bond motifs is 5. The van der Waals surface area contributed by atoms with Gasteiger partial charge in [-0.15, -0.1) is 0 Å². The number of likely N-dealkylation sites (tertiary alicyclic amines) is 2. The first kappa shape index (κ1) is 27.5. The lowest BCUT2D eigenvalue weighted by Gasteiger charge is -2.44. The number of carbonyl (C=O) groups excluding carboxylic acids is 4. The summed E-state index contributed by atoms with van der Waals surface area (Å²) in [4.78, 5) is 59.1. The highest BCUT2D eigenvalue weighted by molar-refractivity contribution is 6.08. The van der Waals surface area contributed by atoms with E-state index in [1.165, 1.54) is 9.80 Å². The molecule has 2 aliphatic carbocycles. The molecule has 7 nitrogen and oxygen atoms in total. The molecule has 7 heteroatoms. The predicted molar refractivity (Wildman–Crippen MR) is 167 cm³/mol. The van der Waals surface area contributed by atoms with Crippen LogP contribution in [0.1, 0.15) is 35.4 Å². The van der Waals surface area contributed by atoms with Crippen molar-refractivity contribution < 1.29 is 24.3 Å². The molecule has 4 aromatic rings. The zero-order chi connectivity index (χ0) is 30.8. The smallest absolute Gasteiger partial charge is 0.234 e. The highest BCUT2D eigenvalue weighted by Crippen LogP contribution is 2.59. The summed E-state index contributed by atoms with van der Waals surface area (Å²) in [5.74, 6) is -3.81. The molecule has 2 saturated heterocycles. The molecule has 2 aliphatic heterocycles. The number of phenols is 1. The van der Waals surface area contributed by atoms with Crippen LogP contribution < -0.4 is 0 Å². The van der Waals surface area contributed by atoms with E-state index >= 15 is 0 Å². The molecule has 0 aromatic heterocycles. The van der Waals surface area contributed by atoms with Crippen LogP contribution in [0.4, 0.5) is 0 Å². The molecule has 4 amide bonds. The molecule has 224 valence electrons. The van der Waals surface area contributed by atoms with E-state index in [9.17, 15) is 24.3 Å². The van der Waals surface area contributed by atoms with E-state index in [-0.39, 0.29) is 48.4 Å². The third-order valence-corrected chi connectivity index (χ3v) is 10.5. The van der Waals surface area contributed by atoms with Crippen LogP contribution >= 0.6 is 0 Å². The third-order valence-electron chi connectivity index (χ3n) is 10.5. The summed E-state index contributed by atoms with van der Waals surface area (Å²) in [5.41, 5.74) is 3.57. The fourth-order valence-electron chi connectivity index (χ4n) is 8.49. The van der Waals surface area contributed by atoms with E-state index in [0.717, 1.165) is 27.6 Å². The van der Waals surface area contributed by atoms with Gasteiger partial charge < -0.3 is 5.11 Å². The van der Waals surface area contributed by atoms with E-state index in [1.54, 1.807) is 6.07 Å². The van der Waals surface area contributed by atoms with Crippen molar-refractivity contribution in [3.8, 4) is 5.75 Å². The Balaban J connectivity index is 1.23. The van der Waals surface area contributed by atoms with Crippen molar-refractivity contribution in [2.45, 2.75) is 31.8 Å². The van der Waals surface area contributed by atoms with Crippen LogP contribution in [0.15, 0.2) is 109 Å². The number of allylic oxidation sites excluding steroid dienone is 2. The number of amides is 4. The fourth-order valence-corrected chi connectivity index (χ4v) is 8.49. The second-order valence-corrected chi connectivity index (χ2v) is 12.7. The number of benzene rings is 4. The monoisotopic (exact) mass is 596 g/mol.